The number of benzene rings is 3. The predicted octanol–water partition coefficient (Wildman–Crippen LogP) is 12.7. The van der Waals surface area contributed by atoms with Gasteiger partial charge in [-0.15, -0.1) is 0 Å². The normalized spacial score (nSPS) is 20.2. The molecule has 272 valence electrons. The second kappa shape index (κ2) is 14.5. The van der Waals surface area contributed by atoms with Crippen LogP contribution in [0.2, 0.25) is 0 Å². The SMILES string of the molecule is COc1ccnc(-n2c3ccccc3c3ccc(Oc4cccc(-n5nc(C6CCCCC6)c([C@@H]6C(C)=CCC[C@@H]6C)c5C5CCCCC5)c4)cc32)c1. The minimum absolute atomic E-state index is 0.448. The van der Waals surface area contributed by atoms with E-state index < -0.39 is 0 Å². The van der Waals surface area contributed by atoms with Gasteiger partial charge in [-0.2, -0.15) is 5.10 Å². The highest BCUT2D eigenvalue weighted by molar-refractivity contribution is 6.09. The zero-order valence-electron chi connectivity index (χ0n) is 31.6. The van der Waals surface area contributed by atoms with Crippen molar-refractivity contribution in [2.24, 2.45) is 5.92 Å². The molecule has 6 aromatic rings. The molecule has 3 heterocycles. The summed E-state index contributed by atoms with van der Waals surface area (Å²) in [7, 11) is 1.69. The van der Waals surface area contributed by atoms with Crippen molar-refractivity contribution >= 4 is 21.8 Å². The number of para-hydroxylation sites is 1. The molecule has 9 rings (SSSR count). The van der Waals surface area contributed by atoms with Crippen LogP contribution in [0.4, 0.5) is 0 Å². The lowest BCUT2D eigenvalue weighted by Gasteiger charge is -2.33. The van der Waals surface area contributed by atoms with E-state index in [2.05, 4.69) is 95.9 Å². The van der Waals surface area contributed by atoms with E-state index in [9.17, 15) is 0 Å². The molecule has 0 saturated heterocycles. The fourth-order valence-corrected chi connectivity index (χ4v) is 9.98. The van der Waals surface area contributed by atoms with Crippen molar-refractivity contribution in [3.63, 3.8) is 0 Å². The van der Waals surface area contributed by atoms with Gasteiger partial charge in [0.1, 0.15) is 23.1 Å². The smallest absolute Gasteiger partial charge is 0.141 e. The standard InChI is InChI=1S/C47H52N4O2/c1-31-14-12-15-32(2)44(31)45-46(33-16-6-4-7-17-33)49-51(47(45)34-18-8-5-9-19-34)35-20-13-21-37(28-35)53-38-24-25-40-39-22-10-11-23-41(39)50(42(40)29-38)43-30-36(52-3)26-27-48-43/h10-11,13-14,20-30,32-34,44H,4-9,12,15-19H2,1-3H3/t32-,44+/m0/s1. The molecule has 0 unspecified atom stereocenters. The van der Waals surface area contributed by atoms with E-state index in [-0.39, 0.29) is 0 Å². The van der Waals surface area contributed by atoms with Crippen molar-refractivity contribution in [1.82, 2.24) is 19.3 Å². The molecule has 3 aromatic carbocycles. The van der Waals surface area contributed by atoms with Crippen LogP contribution in [-0.4, -0.2) is 26.4 Å². The molecule has 0 N–H and O–H groups in total. The van der Waals surface area contributed by atoms with Gasteiger partial charge < -0.3 is 9.47 Å². The van der Waals surface area contributed by atoms with Gasteiger partial charge in [-0.3, -0.25) is 4.57 Å². The van der Waals surface area contributed by atoms with Crippen LogP contribution < -0.4 is 9.47 Å². The van der Waals surface area contributed by atoms with Gasteiger partial charge in [-0.1, -0.05) is 81.4 Å². The summed E-state index contributed by atoms with van der Waals surface area (Å²) in [4.78, 5) is 4.75. The topological polar surface area (TPSA) is 54.1 Å². The van der Waals surface area contributed by atoms with E-state index in [1.807, 2.05) is 12.1 Å². The maximum Gasteiger partial charge on any atom is 0.141 e. The molecule has 3 aliphatic rings. The molecule has 6 nitrogen and oxygen atoms in total. The fraction of sp³-hybridized carbons (Fsp3) is 0.404. The van der Waals surface area contributed by atoms with Crippen LogP contribution in [0.15, 0.2) is 96.7 Å². The number of ether oxygens (including phenoxy) is 2. The minimum Gasteiger partial charge on any atom is -0.497 e. The Bertz CT molecular complexity index is 2280. The zero-order valence-corrected chi connectivity index (χ0v) is 31.6. The van der Waals surface area contributed by atoms with Crippen LogP contribution >= 0.6 is 0 Å². The highest BCUT2D eigenvalue weighted by Crippen LogP contribution is 2.49. The molecule has 3 aromatic heterocycles. The maximum absolute atomic E-state index is 6.76. The molecule has 0 radical (unpaired) electrons. The van der Waals surface area contributed by atoms with Gasteiger partial charge in [0.05, 0.1) is 35.2 Å². The lowest BCUT2D eigenvalue weighted by atomic mass is 9.71. The molecular formula is C47H52N4O2. The van der Waals surface area contributed by atoms with Crippen molar-refractivity contribution in [2.45, 2.75) is 109 Å². The maximum atomic E-state index is 6.76. The first-order chi connectivity index (χ1) is 26.1. The second-order valence-electron chi connectivity index (χ2n) is 15.9. The molecule has 2 saturated carbocycles. The monoisotopic (exact) mass is 704 g/mol. The third-order valence-corrected chi connectivity index (χ3v) is 12.6. The fourth-order valence-electron chi connectivity index (χ4n) is 9.98. The number of hydrogen-bond donors (Lipinski definition) is 0. The quantitative estimate of drug-likeness (QED) is 0.148. The Balaban J connectivity index is 1.15. The van der Waals surface area contributed by atoms with E-state index >= 15 is 0 Å². The number of pyridine rings is 1. The first-order valence-corrected chi connectivity index (χ1v) is 20.2. The van der Waals surface area contributed by atoms with Gasteiger partial charge in [-0.25, -0.2) is 9.67 Å². The average molecular weight is 705 g/mol. The molecule has 3 aliphatic carbocycles. The molecule has 6 heteroatoms. The first kappa shape index (κ1) is 34.0. The molecule has 0 spiro atoms. The highest BCUT2D eigenvalue weighted by Gasteiger charge is 2.37. The molecule has 53 heavy (non-hydrogen) atoms. The summed E-state index contributed by atoms with van der Waals surface area (Å²) in [6.07, 6.45) is 19.7. The van der Waals surface area contributed by atoms with Gasteiger partial charge in [0.2, 0.25) is 0 Å². The summed E-state index contributed by atoms with van der Waals surface area (Å²) in [5, 5.41) is 8.04. The highest BCUT2D eigenvalue weighted by atomic mass is 16.5. The third kappa shape index (κ3) is 6.34. The lowest BCUT2D eigenvalue weighted by Crippen LogP contribution is -2.21. The van der Waals surface area contributed by atoms with Gasteiger partial charge in [-0.05, 0) is 87.8 Å². The number of allylic oxidation sites excluding steroid dienone is 2. The van der Waals surface area contributed by atoms with Gasteiger partial charge in [0.25, 0.3) is 0 Å². The molecule has 0 aliphatic heterocycles. The lowest BCUT2D eigenvalue weighted by molar-refractivity contribution is 0.406. The summed E-state index contributed by atoms with van der Waals surface area (Å²) in [6.45, 7) is 4.88. The number of nitrogens with zero attached hydrogens (tertiary/aromatic N) is 4. The Labute approximate surface area is 313 Å². The summed E-state index contributed by atoms with van der Waals surface area (Å²) in [5.41, 5.74) is 9.26. The number of methoxy groups -OCH3 is 1. The Morgan fingerprint density at radius 3 is 2.25 bits per heavy atom. The Hall–Kier alpha value is -4.84. The predicted molar refractivity (Wildman–Crippen MR) is 215 cm³/mol. The molecule has 2 fully saturated rings. The third-order valence-electron chi connectivity index (χ3n) is 12.6. The van der Waals surface area contributed by atoms with Crippen LogP contribution in [-0.2, 0) is 0 Å². The van der Waals surface area contributed by atoms with Crippen LogP contribution in [0.1, 0.15) is 126 Å². The number of fused-ring (bicyclic) bond motifs is 3. The van der Waals surface area contributed by atoms with Crippen molar-refractivity contribution in [3.8, 4) is 28.8 Å². The van der Waals surface area contributed by atoms with E-state index in [1.54, 1.807) is 24.4 Å². The summed E-state index contributed by atoms with van der Waals surface area (Å²) in [6, 6.07) is 27.4. The first-order valence-electron chi connectivity index (χ1n) is 20.2. The van der Waals surface area contributed by atoms with Crippen molar-refractivity contribution in [2.75, 3.05) is 7.11 Å². The number of aromatic nitrogens is 4. The minimum atomic E-state index is 0.448. The van der Waals surface area contributed by atoms with Gasteiger partial charge in [0, 0.05) is 58.5 Å². The van der Waals surface area contributed by atoms with Crippen LogP contribution in [0.3, 0.4) is 0 Å². The average Bonchev–Trinajstić information content (AvgIpc) is 3.75. The summed E-state index contributed by atoms with van der Waals surface area (Å²) in [5.74, 6) is 5.33. The molecule has 0 bridgehead atoms. The van der Waals surface area contributed by atoms with Crippen molar-refractivity contribution in [1.29, 1.82) is 0 Å². The number of hydrogen-bond acceptors (Lipinski definition) is 4. The van der Waals surface area contributed by atoms with Crippen LogP contribution in [0, 0.1) is 5.92 Å². The molecule has 0 amide bonds. The van der Waals surface area contributed by atoms with Crippen molar-refractivity contribution < 1.29 is 9.47 Å². The van der Waals surface area contributed by atoms with Crippen molar-refractivity contribution in [3.05, 3.63) is 114 Å². The van der Waals surface area contributed by atoms with E-state index in [4.69, 9.17) is 19.6 Å². The Kier molecular flexibility index (Phi) is 9.31. The summed E-state index contributed by atoms with van der Waals surface area (Å²) >= 11 is 0. The summed E-state index contributed by atoms with van der Waals surface area (Å²) < 4.78 is 16.9. The van der Waals surface area contributed by atoms with E-state index in [0.717, 1.165) is 45.2 Å². The molecular weight excluding hydrogens is 653 g/mol. The zero-order chi connectivity index (χ0) is 35.9. The van der Waals surface area contributed by atoms with E-state index in [0.29, 0.717) is 23.7 Å². The van der Waals surface area contributed by atoms with Crippen LogP contribution in [0.25, 0.3) is 33.3 Å². The second-order valence-corrected chi connectivity index (χ2v) is 15.9. The van der Waals surface area contributed by atoms with E-state index in [1.165, 1.54) is 93.8 Å². The van der Waals surface area contributed by atoms with Gasteiger partial charge >= 0.3 is 0 Å². The Morgan fingerprint density at radius 2 is 1.45 bits per heavy atom. The largest absolute Gasteiger partial charge is 0.497 e. The number of rotatable bonds is 8. The molecule has 2 atom stereocenters. The Morgan fingerprint density at radius 1 is 0.698 bits per heavy atom. The van der Waals surface area contributed by atoms with Gasteiger partial charge in [0.15, 0.2) is 0 Å². The van der Waals surface area contributed by atoms with Crippen LogP contribution in [0.5, 0.6) is 17.2 Å².